The van der Waals surface area contributed by atoms with Crippen molar-refractivity contribution in [2.75, 3.05) is 6.61 Å². The molecule has 3 nitrogen and oxygen atoms in total. The molecule has 0 atom stereocenters. The summed E-state index contributed by atoms with van der Waals surface area (Å²) >= 11 is 0. The van der Waals surface area contributed by atoms with Gasteiger partial charge in [-0.25, -0.2) is 0 Å². The van der Waals surface area contributed by atoms with Crippen LogP contribution < -0.4 is 10.2 Å². The van der Waals surface area contributed by atoms with Crippen LogP contribution in [-0.2, 0) is 21.8 Å². The Labute approximate surface area is 142 Å². The molecule has 0 fully saturated rings. The normalized spacial score (nSPS) is 14.6. The summed E-state index contributed by atoms with van der Waals surface area (Å²) in [5, 5.41) is 21.6. The van der Waals surface area contributed by atoms with Crippen molar-refractivity contribution < 1.29 is 32.0 Å². The second kappa shape index (κ2) is 10.8. The van der Waals surface area contributed by atoms with Crippen molar-refractivity contribution in [3.8, 4) is 0 Å². The van der Waals surface area contributed by atoms with Gasteiger partial charge in [-0.05, 0) is 36.3 Å². The van der Waals surface area contributed by atoms with E-state index in [0.717, 1.165) is 16.7 Å². The second-order valence-electron chi connectivity index (χ2n) is 4.48. The minimum Gasteiger partial charge on any atom is -0.875 e. The molecule has 0 amide bonds. The standard InChI is InChI=1S/C11H14O2.C7H8O.Fe/c1-3-13-11(12)8-9(2)10-6-4-5-7-10;1-6(8)7-4-2-3-5-7;/h4-8,12H,3H2,1-2H3;2-5,8H,1H3;/q;;+2/p-2. The second-order valence-corrected chi connectivity index (χ2v) is 4.48. The molecule has 0 heterocycles. The van der Waals surface area contributed by atoms with Gasteiger partial charge in [-0.1, -0.05) is 62.5 Å². The van der Waals surface area contributed by atoms with E-state index in [9.17, 15) is 10.2 Å². The molecule has 0 aromatic rings. The molecule has 0 spiro atoms. The fourth-order valence-electron chi connectivity index (χ4n) is 1.69. The predicted octanol–water partition coefficient (Wildman–Crippen LogP) is 2.41. The van der Waals surface area contributed by atoms with Crippen LogP contribution in [0.2, 0.25) is 0 Å². The summed E-state index contributed by atoms with van der Waals surface area (Å²) in [4.78, 5) is 0. The molecule has 2 aliphatic rings. The van der Waals surface area contributed by atoms with Crippen molar-refractivity contribution in [2.24, 2.45) is 0 Å². The third-order valence-electron chi connectivity index (χ3n) is 2.81. The van der Waals surface area contributed by atoms with E-state index < -0.39 is 0 Å². The Hall–Kier alpha value is -1.90. The van der Waals surface area contributed by atoms with E-state index in [1.54, 1.807) is 13.8 Å². The number of rotatable bonds is 3. The van der Waals surface area contributed by atoms with Gasteiger partial charge < -0.3 is 14.9 Å². The van der Waals surface area contributed by atoms with Crippen LogP contribution in [-0.4, -0.2) is 6.61 Å². The molecular weight excluding hydrogens is 320 g/mol. The molecule has 0 radical (unpaired) electrons. The Kier molecular flexibility index (Phi) is 9.84. The Morgan fingerprint density at radius 1 is 0.955 bits per heavy atom. The van der Waals surface area contributed by atoms with Crippen LogP contribution in [0.15, 0.2) is 83.1 Å². The van der Waals surface area contributed by atoms with Crippen molar-refractivity contribution in [1.82, 2.24) is 0 Å². The molecule has 0 aliphatic heterocycles. The van der Waals surface area contributed by atoms with Crippen LogP contribution in [0.1, 0.15) is 20.8 Å². The van der Waals surface area contributed by atoms with Crippen LogP contribution in [0.4, 0.5) is 0 Å². The van der Waals surface area contributed by atoms with Gasteiger partial charge in [-0.2, -0.15) is 0 Å². The Balaban J connectivity index is 0.000000423. The molecule has 118 valence electrons. The predicted molar refractivity (Wildman–Crippen MR) is 81.7 cm³/mol. The summed E-state index contributed by atoms with van der Waals surface area (Å²) in [6.07, 6.45) is 16.7. The Bertz CT molecular complexity index is 541. The molecule has 0 saturated heterocycles. The zero-order chi connectivity index (χ0) is 15.7. The molecule has 4 heteroatoms. The summed E-state index contributed by atoms with van der Waals surface area (Å²) in [5.41, 5.74) is 2.79. The van der Waals surface area contributed by atoms with E-state index in [0.29, 0.717) is 6.61 Å². The molecule has 22 heavy (non-hydrogen) atoms. The van der Waals surface area contributed by atoms with Gasteiger partial charge in [0.25, 0.3) is 0 Å². The molecule has 0 saturated carbocycles. The van der Waals surface area contributed by atoms with E-state index in [1.807, 2.05) is 55.5 Å². The quantitative estimate of drug-likeness (QED) is 0.586. The average molecular weight is 340 g/mol. The maximum atomic E-state index is 11.1. The maximum absolute atomic E-state index is 11.1. The van der Waals surface area contributed by atoms with Crippen molar-refractivity contribution in [3.63, 3.8) is 0 Å². The third kappa shape index (κ3) is 7.21. The summed E-state index contributed by atoms with van der Waals surface area (Å²) in [7, 11) is 0. The largest absolute Gasteiger partial charge is 2.00 e. The fraction of sp³-hybridized carbons (Fsp3) is 0.222. The van der Waals surface area contributed by atoms with Gasteiger partial charge in [0.2, 0.25) is 0 Å². The first-order chi connectivity index (χ1) is 10.0. The first kappa shape index (κ1) is 20.1. The van der Waals surface area contributed by atoms with Crippen molar-refractivity contribution in [3.05, 3.63) is 83.1 Å². The monoisotopic (exact) mass is 340 g/mol. The van der Waals surface area contributed by atoms with E-state index in [1.165, 1.54) is 6.08 Å². The van der Waals surface area contributed by atoms with Crippen LogP contribution in [0, 0.1) is 0 Å². The SMILES string of the molecule is CC([O-])=C1C=CC=C1.CCOC([O-])=CC(C)=C1C=CC=C1.[Fe+2]. The van der Waals surface area contributed by atoms with Gasteiger partial charge >= 0.3 is 17.1 Å². The smallest absolute Gasteiger partial charge is 0.875 e. The van der Waals surface area contributed by atoms with Crippen LogP contribution in [0.3, 0.4) is 0 Å². The van der Waals surface area contributed by atoms with E-state index in [-0.39, 0.29) is 28.8 Å². The summed E-state index contributed by atoms with van der Waals surface area (Å²) in [6.45, 7) is 5.68. The van der Waals surface area contributed by atoms with Crippen LogP contribution in [0.25, 0.3) is 0 Å². The van der Waals surface area contributed by atoms with Crippen molar-refractivity contribution >= 4 is 0 Å². The summed E-state index contributed by atoms with van der Waals surface area (Å²) < 4.78 is 4.80. The maximum Gasteiger partial charge on any atom is 2.00 e. The zero-order valence-corrected chi connectivity index (χ0v) is 14.1. The first-order valence-electron chi connectivity index (χ1n) is 6.84. The van der Waals surface area contributed by atoms with Crippen LogP contribution >= 0.6 is 0 Å². The van der Waals surface area contributed by atoms with Gasteiger partial charge in [-0.15, -0.1) is 5.76 Å². The van der Waals surface area contributed by atoms with Gasteiger partial charge in [0.05, 0.1) is 5.95 Å². The van der Waals surface area contributed by atoms with E-state index in [4.69, 9.17) is 4.74 Å². The minimum atomic E-state index is -0.277. The van der Waals surface area contributed by atoms with E-state index in [2.05, 4.69) is 0 Å². The Morgan fingerprint density at radius 2 is 1.41 bits per heavy atom. The molecular formula is C18H20FeO3. The number of ether oxygens (including phenoxy) is 1. The molecule has 0 N–H and O–H groups in total. The molecule has 2 rings (SSSR count). The minimum absolute atomic E-state index is 0. The van der Waals surface area contributed by atoms with Crippen molar-refractivity contribution in [1.29, 1.82) is 0 Å². The average Bonchev–Trinajstić information content (AvgIpc) is 3.13. The third-order valence-corrected chi connectivity index (χ3v) is 2.81. The topological polar surface area (TPSA) is 55.3 Å². The number of allylic oxidation sites excluding steroid dienone is 13. The van der Waals surface area contributed by atoms with Crippen molar-refractivity contribution in [2.45, 2.75) is 20.8 Å². The zero-order valence-electron chi connectivity index (χ0n) is 13.0. The fourth-order valence-corrected chi connectivity index (χ4v) is 1.69. The van der Waals surface area contributed by atoms with Gasteiger partial charge in [0.15, 0.2) is 0 Å². The molecule has 0 bridgehead atoms. The molecule has 0 unspecified atom stereocenters. The molecule has 0 aromatic carbocycles. The van der Waals surface area contributed by atoms with E-state index >= 15 is 0 Å². The van der Waals surface area contributed by atoms with Gasteiger partial charge in [0, 0.05) is 0 Å². The molecule has 0 aromatic heterocycles. The first-order valence-corrected chi connectivity index (χ1v) is 6.84. The van der Waals surface area contributed by atoms with Crippen LogP contribution in [0.5, 0.6) is 0 Å². The summed E-state index contributed by atoms with van der Waals surface area (Å²) in [6, 6.07) is 0. The van der Waals surface area contributed by atoms with Gasteiger partial charge in [-0.3, -0.25) is 0 Å². The number of hydrogen-bond acceptors (Lipinski definition) is 3. The molecule has 2 aliphatic carbocycles. The van der Waals surface area contributed by atoms with Gasteiger partial charge in [0.1, 0.15) is 0 Å². The summed E-state index contributed by atoms with van der Waals surface area (Å²) in [5.74, 6) is -0.142. The Morgan fingerprint density at radius 3 is 1.77 bits per heavy atom. The number of hydrogen-bond donors (Lipinski definition) is 0.